The summed E-state index contributed by atoms with van der Waals surface area (Å²) in [4.78, 5) is 30.0. The first-order chi connectivity index (χ1) is 9.02. The van der Waals surface area contributed by atoms with E-state index in [1.807, 2.05) is 0 Å². The number of carboxylic acid groups (broad SMARTS) is 1. The van der Waals surface area contributed by atoms with Gasteiger partial charge in [0, 0.05) is 0 Å². The van der Waals surface area contributed by atoms with Crippen molar-refractivity contribution in [2.45, 2.75) is 24.9 Å². The fraction of sp³-hybridized carbons (Fsp3) is 0.455. The third kappa shape index (κ3) is 5.56. The Labute approximate surface area is 114 Å². The van der Waals surface area contributed by atoms with Gasteiger partial charge in [-0.1, -0.05) is 11.8 Å². The quantitative estimate of drug-likeness (QED) is 0.565. The van der Waals surface area contributed by atoms with Crippen LogP contribution in [0.15, 0.2) is 17.4 Å². The molecule has 1 aromatic rings. The number of nitrogens with zero attached hydrogens (tertiary/aromatic N) is 2. The molecule has 1 aromatic heterocycles. The maximum atomic E-state index is 11.2. The van der Waals surface area contributed by atoms with E-state index in [4.69, 9.17) is 9.84 Å². The third-order valence-corrected chi connectivity index (χ3v) is 2.86. The van der Waals surface area contributed by atoms with E-state index in [1.54, 1.807) is 6.92 Å². The number of aromatic nitrogens is 2. The molecule has 19 heavy (non-hydrogen) atoms. The van der Waals surface area contributed by atoms with Crippen LogP contribution in [0.1, 0.15) is 13.8 Å². The highest BCUT2D eigenvalue weighted by atomic mass is 32.2. The van der Waals surface area contributed by atoms with Crippen molar-refractivity contribution >= 4 is 29.5 Å². The Balaban J connectivity index is 2.57. The van der Waals surface area contributed by atoms with E-state index < -0.39 is 12.0 Å². The summed E-state index contributed by atoms with van der Waals surface area (Å²) in [5.74, 6) is -0.817. The van der Waals surface area contributed by atoms with Crippen LogP contribution in [0.4, 0.5) is 5.82 Å². The molecule has 1 unspecified atom stereocenters. The Kier molecular flexibility index (Phi) is 6.07. The summed E-state index contributed by atoms with van der Waals surface area (Å²) in [7, 11) is 0. The van der Waals surface area contributed by atoms with Crippen LogP contribution in [0.3, 0.4) is 0 Å². The van der Waals surface area contributed by atoms with Crippen LogP contribution >= 0.6 is 11.8 Å². The van der Waals surface area contributed by atoms with E-state index in [9.17, 15) is 9.59 Å². The van der Waals surface area contributed by atoms with Gasteiger partial charge < -0.3 is 15.2 Å². The molecular weight excluding hydrogens is 270 g/mol. The minimum atomic E-state index is -0.980. The molecule has 104 valence electrons. The van der Waals surface area contributed by atoms with Gasteiger partial charge in [0.2, 0.25) is 0 Å². The topological polar surface area (TPSA) is 101 Å². The number of carbonyl (C=O) groups excluding carboxylic acids is 1. The number of nitrogens with one attached hydrogen (secondary N) is 1. The number of hydrogen-bond donors (Lipinski definition) is 2. The first-order valence-electron chi connectivity index (χ1n) is 5.62. The van der Waals surface area contributed by atoms with Crippen LogP contribution in [-0.2, 0) is 14.3 Å². The Morgan fingerprint density at radius 1 is 1.53 bits per heavy atom. The number of aliphatic carboxylic acids is 1. The largest absolute Gasteiger partial charge is 0.480 e. The number of carbonyl (C=O) groups is 2. The van der Waals surface area contributed by atoms with Gasteiger partial charge in [-0.2, -0.15) is 0 Å². The van der Waals surface area contributed by atoms with Crippen molar-refractivity contribution in [1.82, 2.24) is 9.97 Å². The van der Waals surface area contributed by atoms with E-state index in [-0.39, 0.29) is 11.7 Å². The Bertz CT molecular complexity index is 455. The molecule has 0 saturated heterocycles. The molecule has 0 aliphatic rings. The highest BCUT2D eigenvalue weighted by Crippen LogP contribution is 2.16. The molecule has 0 fully saturated rings. The first-order valence-corrected chi connectivity index (χ1v) is 6.61. The minimum Gasteiger partial charge on any atom is -0.480 e. The molecule has 0 aliphatic heterocycles. The van der Waals surface area contributed by atoms with Crippen LogP contribution in [0, 0.1) is 0 Å². The van der Waals surface area contributed by atoms with E-state index in [1.165, 1.54) is 31.1 Å². The molecule has 1 rings (SSSR count). The lowest BCUT2D eigenvalue weighted by atomic mass is 10.3. The smallest absolute Gasteiger partial charge is 0.325 e. The standard InChI is InChI=1S/C11H15N3O4S/c1-3-18-10(15)6-19-9-5-12-4-8(14-9)13-7(2)11(16)17/h4-5,7H,3,6H2,1-2H3,(H,13,14)(H,16,17). The maximum Gasteiger partial charge on any atom is 0.325 e. The van der Waals surface area contributed by atoms with Crippen molar-refractivity contribution in [2.75, 3.05) is 17.7 Å². The average Bonchev–Trinajstić information content (AvgIpc) is 2.37. The molecular formula is C11H15N3O4S. The summed E-state index contributed by atoms with van der Waals surface area (Å²) < 4.78 is 4.79. The van der Waals surface area contributed by atoms with Gasteiger partial charge >= 0.3 is 11.9 Å². The Hall–Kier alpha value is -1.83. The van der Waals surface area contributed by atoms with Crippen LogP contribution in [0.5, 0.6) is 0 Å². The molecule has 0 spiro atoms. The van der Waals surface area contributed by atoms with Gasteiger partial charge in [0.15, 0.2) is 0 Å². The highest BCUT2D eigenvalue weighted by molar-refractivity contribution is 7.99. The number of ether oxygens (including phenoxy) is 1. The molecule has 0 aliphatic carbocycles. The molecule has 0 aromatic carbocycles. The fourth-order valence-corrected chi connectivity index (χ4v) is 1.75. The van der Waals surface area contributed by atoms with Gasteiger partial charge in [-0.3, -0.25) is 14.6 Å². The zero-order chi connectivity index (χ0) is 14.3. The lowest BCUT2D eigenvalue weighted by Crippen LogP contribution is -2.26. The predicted octanol–water partition coefficient (Wildman–Crippen LogP) is 1.02. The van der Waals surface area contributed by atoms with E-state index >= 15 is 0 Å². The summed E-state index contributed by atoms with van der Waals surface area (Å²) in [5.41, 5.74) is 0. The summed E-state index contributed by atoms with van der Waals surface area (Å²) >= 11 is 1.18. The monoisotopic (exact) mass is 285 g/mol. The zero-order valence-electron chi connectivity index (χ0n) is 10.6. The number of hydrogen-bond acceptors (Lipinski definition) is 7. The van der Waals surface area contributed by atoms with E-state index in [2.05, 4.69) is 15.3 Å². The lowest BCUT2D eigenvalue weighted by Gasteiger charge is -2.10. The van der Waals surface area contributed by atoms with Crippen molar-refractivity contribution < 1.29 is 19.4 Å². The normalized spacial score (nSPS) is 11.7. The van der Waals surface area contributed by atoms with Crippen molar-refractivity contribution in [1.29, 1.82) is 0 Å². The first kappa shape index (κ1) is 15.2. The molecule has 1 heterocycles. The van der Waals surface area contributed by atoms with Crippen molar-refractivity contribution in [3.05, 3.63) is 12.4 Å². The average molecular weight is 285 g/mol. The summed E-state index contributed by atoms with van der Waals surface area (Å²) in [6.45, 7) is 3.57. The Morgan fingerprint density at radius 2 is 2.26 bits per heavy atom. The number of anilines is 1. The van der Waals surface area contributed by atoms with Crippen molar-refractivity contribution in [3.8, 4) is 0 Å². The van der Waals surface area contributed by atoms with Crippen LogP contribution in [0.25, 0.3) is 0 Å². The van der Waals surface area contributed by atoms with Gasteiger partial charge in [0.25, 0.3) is 0 Å². The molecule has 8 heteroatoms. The molecule has 0 amide bonds. The number of rotatable bonds is 7. The van der Waals surface area contributed by atoms with Crippen molar-refractivity contribution in [2.24, 2.45) is 0 Å². The van der Waals surface area contributed by atoms with Crippen LogP contribution in [-0.4, -0.2) is 45.4 Å². The fourth-order valence-electron chi connectivity index (χ4n) is 1.11. The summed E-state index contributed by atoms with van der Waals surface area (Å²) in [6.07, 6.45) is 2.92. The summed E-state index contributed by atoms with van der Waals surface area (Å²) in [6, 6.07) is -0.764. The van der Waals surface area contributed by atoms with Gasteiger partial charge in [0.05, 0.1) is 24.8 Å². The second-order valence-electron chi connectivity index (χ2n) is 3.54. The molecule has 7 nitrogen and oxygen atoms in total. The van der Waals surface area contributed by atoms with Gasteiger partial charge in [-0.05, 0) is 13.8 Å². The van der Waals surface area contributed by atoms with Gasteiger partial charge in [-0.15, -0.1) is 0 Å². The second kappa shape index (κ2) is 7.57. The third-order valence-electron chi connectivity index (χ3n) is 1.99. The predicted molar refractivity (Wildman–Crippen MR) is 70.1 cm³/mol. The minimum absolute atomic E-state index is 0.139. The molecule has 0 bridgehead atoms. The van der Waals surface area contributed by atoms with E-state index in [0.29, 0.717) is 17.5 Å². The van der Waals surface area contributed by atoms with Crippen LogP contribution < -0.4 is 5.32 Å². The van der Waals surface area contributed by atoms with Gasteiger partial charge in [-0.25, -0.2) is 4.98 Å². The molecule has 1 atom stereocenters. The van der Waals surface area contributed by atoms with Crippen molar-refractivity contribution in [3.63, 3.8) is 0 Å². The second-order valence-corrected chi connectivity index (χ2v) is 4.54. The SMILES string of the molecule is CCOC(=O)CSc1cncc(NC(C)C(=O)O)n1. The summed E-state index contributed by atoms with van der Waals surface area (Å²) in [5, 5.41) is 12.0. The molecule has 0 saturated carbocycles. The van der Waals surface area contributed by atoms with E-state index in [0.717, 1.165) is 0 Å². The van der Waals surface area contributed by atoms with Crippen LogP contribution in [0.2, 0.25) is 0 Å². The lowest BCUT2D eigenvalue weighted by molar-refractivity contribution is -0.140. The number of thioether (sulfide) groups is 1. The Morgan fingerprint density at radius 3 is 2.89 bits per heavy atom. The maximum absolute atomic E-state index is 11.2. The molecule has 2 N–H and O–H groups in total. The molecule has 0 radical (unpaired) electrons. The zero-order valence-corrected chi connectivity index (χ0v) is 11.4. The highest BCUT2D eigenvalue weighted by Gasteiger charge is 2.11. The number of esters is 1. The number of carboxylic acids is 1. The van der Waals surface area contributed by atoms with Gasteiger partial charge in [0.1, 0.15) is 16.9 Å².